The molecule has 0 aliphatic carbocycles. The fourth-order valence-electron chi connectivity index (χ4n) is 0.260. The molecule has 0 fully saturated rings. The second kappa shape index (κ2) is 3.01. The van der Waals surface area contributed by atoms with Crippen LogP contribution in [0.1, 0.15) is 20.8 Å². The molecule has 3 heteroatoms. The molecule has 0 saturated heterocycles. The summed E-state index contributed by atoms with van der Waals surface area (Å²) in [6, 6.07) is 0. The predicted octanol–water partition coefficient (Wildman–Crippen LogP) is 0.112. The van der Waals surface area contributed by atoms with Crippen LogP contribution < -0.4 is 0 Å². The molecule has 54 valence electrons. The first kappa shape index (κ1) is 8.69. The summed E-state index contributed by atoms with van der Waals surface area (Å²) in [7, 11) is 1.06. The zero-order valence-corrected chi connectivity index (χ0v) is 8.47. The average Bonchev–Trinajstić information content (AvgIpc) is 1.65. The zero-order valence-electron chi connectivity index (χ0n) is 6.47. The summed E-state index contributed by atoms with van der Waals surface area (Å²) in [4.78, 5) is 9.92. The minimum Gasteiger partial charge on any atom is -0.462 e. The highest BCUT2D eigenvalue weighted by molar-refractivity contribution is 6.12. The molecule has 0 aromatic heterocycles. The average molecular weight is 146 g/mol. The molecule has 1 unspecified atom stereocenters. The van der Waals surface area contributed by atoms with Crippen LogP contribution in [-0.4, -0.2) is 22.3 Å². The predicted molar refractivity (Wildman–Crippen MR) is 40.6 cm³/mol. The van der Waals surface area contributed by atoms with Crippen molar-refractivity contribution in [3.8, 4) is 0 Å². The molecule has 2 nitrogen and oxygen atoms in total. The van der Waals surface area contributed by atoms with Crippen molar-refractivity contribution in [3.63, 3.8) is 0 Å². The fourth-order valence-corrected chi connectivity index (χ4v) is 0.396. The third-order valence-corrected chi connectivity index (χ3v) is 3.13. The van der Waals surface area contributed by atoms with Crippen molar-refractivity contribution in [3.05, 3.63) is 0 Å². The topological polar surface area (TPSA) is 26.3 Å². The summed E-state index contributed by atoms with van der Waals surface area (Å²) in [6.07, 6.45) is 0. The highest BCUT2D eigenvalue weighted by Gasteiger charge is 2.22. The SMILES string of the molecule is CC([SiH3])C(C)(C)OC=O. The molecule has 0 spiro atoms. The maximum Gasteiger partial charge on any atom is 0.293 e. The minimum absolute atomic E-state index is 0.256. The lowest BCUT2D eigenvalue weighted by Gasteiger charge is -2.26. The Morgan fingerprint density at radius 2 is 2.11 bits per heavy atom. The normalized spacial score (nSPS) is 15.0. The van der Waals surface area contributed by atoms with Gasteiger partial charge in [0.15, 0.2) is 0 Å². The molecule has 0 bridgehead atoms. The van der Waals surface area contributed by atoms with E-state index in [-0.39, 0.29) is 5.60 Å². The lowest BCUT2D eigenvalue weighted by Crippen LogP contribution is -2.28. The van der Waals surface area contributed by atoms with E-state index in [0.717, 1.165) is 10.2 Å². The van der Waals surface area contributed by atoms with Gasteiger partial charge in [0, 0.05) is 10.2 Å². The van der Waals surface area contributed by atoms with E-state index in [2.05, 4.69) is 6.92 Å². The second-order valence-electron chi connectivity index (χ2n) is 2.97. The van der Waals surface area contributed by atoms with E-state index >= 15 is 0 Å². The van der Waals surface area contributed by atoms with Gasteiger partial charge >= 0.3 is 0 Å². The molecule has 0 aliphatic rings. The van der Waals surface area contributed by atoms with Gasteiger partial charge in [-0.25, -0.2) is 0 Å². The molecule has 0 heterocycles. The lowest BCUT2D eigenvalue weighted by molar-refractivity contribution is -0.140. The van der Waals surface area contributed by atoms with Crippen LogP contribution in [0.5, 0.6) is 0 Å². The number of hydrogen-bond donors (Lipinski definition) is 0. The third kappa shape index (κ3) is 2.65. The van der Waals surface area contributed by atoms with Crippen molar-refractivity contribution in [2.45, 2.75) is 31.9 Å². The molecule has 0 saturated carbocycles. The summed E-state index contributed by atoms with van der Waals surface area (Å²) in [5.41, 5.74) is 0.247. The molecular formula is C6H14O2Si. The lowest BCUT2D eigenvalue weighted by atomic mass is 10.1. The Labute approximate surface area is 59.0 Å². The van der Waals surface area contributed by atoms with Crippen molar-refractivity contribution in [1.29, 1.82) is 0 Å². The molecule has 0 aromatic carbocycles. The van der Waals surface area contributed by atoms with Crippen molar-refractivity contribution >= 4 is 16.7 Å². The summed E-state index contributed by atoms with van der Waals surface area (Å²) < 4.78 is 4.84. The number of ether oxygens (including phenoxy) is 1. The number of carbonyl (C=O) groups excluding carboxylic acids is 1. The first-order chi connectivity index (χ1) is 4.00. The van der Waals surface area contributed by atoms with Gasteiger partial charge in [-0.15, -0.1) is 0 Å². The summed E-state index contributed by atoms with van der Waals surface area (Å²) in [6.45, 7) is 6.46. The number of carbonyl (C=O) groups is 1. The van der Waals surface area contributed by atoms with Gasteiger partial charge in [-0.1, -0.05) is 6.92 Å². The van der Waals surface area contributed by atoms with E-state index in [1.54, 1.807) is 0 Å². The van der Waals surface area contributed by atoms with Crippen LogP contribution in [0.25, 0.3) is 0 Å². The zero-order chi connectivity index (χ0) is 7.49. The second-order valence-corrected chi connectivity index (χ2v) is 4.70. The van der Waals surface area contributed by atoms with Crippen molar-refractivity contribution in [1.82, 2.24) is 0 Å². The van der Waals surface area contributed by atoms with E-state index in [0.29, 0.717) is 12.0 Å². The van der Waals surface area contributed by atoms with Gasteiger partial charge in [0.25, 0.3) is 6.47 Å². The third-order valence-electron chi connectivity index (χ3n) is 1.74. The van der Waals surface area contributed by atoms with E-state index in [1.165, 1.54) is 0 Å². The summed E-state index contributed by atoms with van der Waals surface area (Å²) >= 11 is 0. The van der Waals surface area contributed by atoms with E-state index < -0.39 is 0 Å². The van der Waals surface area contributed by atoms with Crippen LogP contribution in [0.2, 0.25) is 5.54 Å². The Bertz CT molecular complexity index is 99.2. The van der Waals surface area contributed by atoms with Crippen molar-refractivity contribution in [2.24, 2.45) is 0 Å². The van der Waals surface area contributed by atoms with Crippen LogP contribution in [0, 0.1) is 0 Å². The molecule has 0 aliphatic heterocycles. The maximum atomic E-state index is 9.92. The molecule has 1 atom stereocenters. The molecule has 0 aromatic rings. The summed E-state index contributed by atoms with van der Waals surface area (Å²) in [5, 5.41) is 0. The Morgan fingerprint density at radius 3 is 2.22 bits per heavy atom. The standard InChI is InChI=1S/C6H14O2Si/c1-5(9)6(2,3)8-4-7/h4-5H,1-3,9H3. The van der Waals surface area contributed by atoms with Crippen molar-refractivity contribution < 1.29 is 9.53 Å². The van der Waals surface area contributed by atoms with Crippen LogP contribution in [0.15, 0.2) is 0 Å². The maximum absolute atomic E-state index is 9.92. The van der Waals surface area contributed by atoms with Gasteiger partial charge in [0.05, 0.1) is 0 Å². The Hall–Kier alpha value is -0.313. The quantitative estimate of drug-likeness (QED) is 0.417. The van der Waals surface area contributed by atoms with Gasteiger partial charge in [-0.05, 0) is 19.4 Å². The highest BCUT2D eigenvalue weighted by atomic mass is 28.1. The smallest absolute Gasteiger partial charge is 0.293 e. The van der Waals surface area contributed by atoms with Gasteiger partial charge in [-0.3, -0.25) is 4.79 Å². The van der Waals surface area contributed by atoms with Gasteiger partial charge in [0.1, 0.15) is 5.60 Å². The van der Waals surface area contributed by atoms with Crippen LogP contribution in [0.3, 0.4) is 0 Å². The van der Waals surface area contributed by atoms with Crippen LogP contribution in [-0.2, 0) is 9.53 Å². The van der Waals surface area contributed by atoms with E-state index in [1.807, 2.05) is 13.8 Å². The summed E-state index contributed by atoms with van der Waals surface area (Å²) in [5.74, 6) is 0. The first-order valence-electron chi connectivity index (χ1n) is 3.12. The van der Waals surface area contributed by atoms with E-state index in [9.17, 15) is 4.79 Å². The molecule has 9 heavy (non-hydrogen) atoms. The van der Waals surface area contributed by atoms with Crippen LogP contribution in [0.4, 0.5) is 0 Å². The Morgan fingerprint density at radius 1 is 1.67 bits per heavy atom. The fraction of sp³-hybridized carbons (Fsp3) is 0.833. The Kier molecular flexibility index (Phi) is 2.90. The highest BCUT2D eigenvalue weighted by Crippen LogP contribution is 2.21. The molecule has 0 amide bonds. The first-order valence-corrected chi connectivity index (χ1v) is 4.27. The van der Waals surface area contributed by atoms with Crippen LogP contribution >= 0.6 is 0 Å². The molecular weight excluding hydrogens is 132 g/mol. The minimum atomic E-state index is -0.256. The van der Waals surface area contributed by atoms with Gasteiger partial charge in [0.2, 0.25) is 0 Å². The molecule has 0 radical (unpaired) electrons. The molecule has 0 N–H and O–H groups in total. The Balaban J connectivity index is 3.84. The monoisotopic (exact) mass is 146 g/mol. The van der Waals surface area contributed by atoms with E-state index in [4.69, 9.17) is 4.74 Å². The number of hydrogen-bond acceptors (Lipinski definition) is 2. The van der Waals surface area contributed by atoms with Gasteiger partial charge in [-0.2, -0.15) is 0 Å². The number of rotatable bonds is 3. The molecule has 0 rings (SSSR count). The van der Waals surface area contributed by atoms with Gasteiger partial charge < -0.3 is 4.74 Å². The van der Waals surface area contributed by atoms with Crippen molar-refractivity contribution in [2.75, 3.05) is 0 Å². The largest absolute Gasteiger partial charge is 0.462 e.